The Hall–Kier alpha value is -3.73. The molecule has 0 unspecified atom stereocenters. The number of hydrogen-bond donors (Lipinski definition) is 0. The van der Waals surface area contributed by atoms with Gasteiger partial charge < -0.3 is 9.80 Å². The van der Waals surface area contributed by atoms with Crippen molar-refractivity contribution < 1.29 is 0 Å². The van der Waals surface area contributed by atoms with Crippen molar-refractivity contribution in [3.8, 4) is 6.07 Å². The summed E-state index contributed by atoms with van der Waals surface area (Å²) in [5.41, 5.74) is 5.72. The fourth-order valence-electron chi connectivity index (χ4n) is 4.41. The number of nitriles is 1. The van der Waals surface area contributed by atoms with Crippen LogP contribution in [-0.2, 0) is 7.05 Å². The highest BCUT2D eigenvalue weighted by atomic mass is 15.3. The Kier molecular flexibility index (Phi) is 4.24. The van der Waals surface area contributed by atoms with Crippen LogP contribution in [0.4, 0.5) is 11.5 Å². The molecular weight excluding hydrogens is 376 g/mol. The Bertz CT molecular complexity index is 1310. The molecule has 0 aliphatic carbocycles. The number of aromatic nitrogens is 5. The Labute approximate surface area is 174 Å². The van der Waals surface area contributed by atoms with Crippen LogP contribution in [0.15, 0.2) is 30.9 Å². The molecule has 0 bridgehead atoms. The average molecular weight is 398 g/mol. The zero-order valence-electron chi connectivity index (χ0n) is 17.3. The molecule has 1 fully saturated rings. The van der Waals surface area contributed by atoms with Crippen LogP contribution in [0.3, 0.4) is 0 Å². The van der Waals surface area contributed by atoms with Crippen molar-refractivity contribution in [2.24, 2.45) is 7.05 Å². The summed E-state index contributed by atoms with van der Waals surface area (Å²) in [5, 5.41) is 16.1. The van der Waals surface area contributed by atoms with Gasteiger partial charge in [0.1, 0.15) is 18.2 Å². The lowest BCUT2D eigenvalue weighted by Crippen LogP contribution is -2.47. The van der Waals surface area contributed by atoms with Crippen molar-refractivity contribution >= 4 is 33.4 Å². The maximum atomic E-state index is 9.74. The minimum Gasteiger partial charge on any atom is -0.366 e. The molecule has 5 rings (SSSR count). The van der Waals surface area contributed by atoms with Crippen LogP contribution in [0.5, 0.6) is 0 Å². The van der Waals surface area contributed by atoms with Crippen molar-refractivity contribution in [2.45, 2.75) is 13.8 Å². The molecule has 1 aliphatic rings. The van der Waals surface area contributed by atoms with E-state index in [1.165, 1.54) is 5.56 Å². The molecule has 0 amide bonds. The minimum atomic E-state index is 0.623. The summed E-state index contributed by atoms with van der Waals surface area (Å²) in [7, 11) is 1.89. The van der Waals surface area contributed by atoms with Crippen LogP contribution in [-0.4, -0.2) is 50.9 Å². The molecule has 4 heterocycles. The van der Waals surface area contributed by atoms with Crippen LogP contribution >= 0.6 is 0 Å². The first-order valence-electron chi connectivity index (χ1n) is 9.99. The third-order valence-electron chi connectivity index (χ3n) is 5.80. The number of anilines is 2. The van der Waals surface area contributed by atoms with E-state index < -0.39 is 0 Å². The number of pyridine rings is 1. The Balaban J connectivity index is 1.50. The maximum Gasteiger partial charge on any atom is 0.163 e. The van der Waals surface area contributed by atoms with Gasteiger partial charge in [-0.25, -0.2) is 9.97 Å². The van der Waals surface area contributed by atoms with Gasteiger partial charge in [0, 0.05) is 44.8 Å². The molecule has 4 aromatic rings. The predicted molar refractivity (Wildman–Crippen MR) is 117 cm³/mol. The normalized spacial score (nSPS) is 14.5. The molecule has 30 heavy (non-hydrogen) atoms. The first-order chi connectivity index (χ1) is 14.6. The summed E-state index contributed by atoms with van der Waals surface area (Å²) in [4.78, 5) is 18.0. The van der Waals surface area contributed by atoms with Gasteiger partial charge in [0.05, 0.1) is 28.4 Å². The second-order valence-corrected chi connectivity index (χ2v) is 7.79. The van der Waals surface area contributed by atoms with Crippen molar-refractivity contribution in [2.75, 3.05) is 36.0 Å². The summed E-state index contributed by atoms with van der Waals surface area (Å²) in [6, 6.07) is 6.62. The number of fused-ring (bicyclic) bond motifs is 2. The van der Waals surface area contributed by atoms with Gasteiger partial charge in [-0.3, -0.25) is 9.67 Å². The summed E-state index contributed by atoms with van der Waals surface area (Å²) < 4.78 is 1.77. The fraction of sp³-hybridized carbons (Fsp3) is 0.318. The lowest BCUT2D eigenvalue weighted by atomic mass is 10.0. The molecule has 1 aromatic carbocycles. The van der Waals surface area contributed by atoms with Crippen molar-refractivity contribution in [3.05, 3.63) is 47.5 Å². The molecule has 0 N–H and O–H groups in total. The number of hydrogen-bond acceptors (Lipinski definition) is 7. The SMILES string of the molecule is Cc1cc(C)c2ncc(C#N)c(N3CCN(c4ncnc5c4cnn5C)CC3)c2c1. The van der Waals surface area contributed by atoms with E-state index in [2.05, 4.69) is 61.9 Å². The van der Waals surface area contributed by atoms with Crippen LogP contribution in [0.1, 0.15) is 16.7 Å². The van der Waals surface area contributed by atoms with E-state index in [4.69, 9.17) is 0 Å². The van der Waals surface area contributed by atoms with Crippen LogP contribution in [0, 0.1) is 25.2 Å². The largest absolute Gasteiger partial charge is 0.366 e. The highest BCUT2D eigenvalue weighted by molar-refractivity contribution is 5.96. The lowest BCUT2D eigenvalue weighted by Gasteiger charge is -2.37. The Morgan fingerprint density at radius 2 is 1.70 bits per heavy atom. The van der Waals surface area contributed by atoms with E-state index in [0.29, 0.717) is 5.56 Å². The monoisotopic (exact) mass is 398 g/mol. The molecular formula is C22H22N8. The fourth-order valence-corrected chi connectivity index (χ4v) is 4.41. The molecule has 1 saturated heterocycles. The molecule has 8 heteroatoms. The van der Waals surface area contributed by atoms with Crippen LogP contribution in [0.2, 0.25) is 0 Å². The van der Waals surface area contributed by atoms with Gasteiger partial charge in [0.2, 0.25) is 0 Å². The van der Waals surface area contributed by atoms with E-state index in [1.807, 2.05) is 13.2 Å². The van der Waals surface area contributed by atoms with Gasteiger partial charge in [0.25, 0.3) is 0 Å². The molecule has 0 saturated carbocycles. The second kappa shape index (κ2) is 6.95. The van der Waals surface area contributed by atoms with Crippen molar-refractivity contribution in [1.29, 1.82) is 5.26 Å². The van der Waals surface area contributed by atoms with Gasteiger partial charge in [-0.1, -0.05) is 11.6 Å². The van der Waals surface area contributed by atoms with Gasteiger partial charge >= 0.3 is 0 Å². The Morgan fingerprint density at radius 1 is 0.933 bits per heavy atom. The van der Waals surface area contributed by atoms with E-state index in [0.717, 1.165) is 65.2 Å². The van der Waals surface area contributed by atoms with Gasteiger partial charge in [0.15, 0.2) is 5.65 Å². The molecule has 3 aromatic heterocycles. The molecule has 8 nitrogen and oxygen atoms in total. The summed E-state index contributed by atoms with van der Waals surface area (Å²) in [6.07, 6.45) is 5.13. The van der Waals surface area contributed by atoms with Crippen molar-refractivity contribution in [1.82, 2.24) is 24.7 Å². The summed E-state index contributed by atoms with van der Waals surface area (Å²) in [6.45, 7) is 7.37. The number of rotatable bonds is 2. The topological polar surface area (TPSA) is 86.8 Å². The number of benzene rings is 1. The van der Waals surface area contributed by atoms with Gasteiger partial charge in [-0.15, -0.1) is 0 Å². The van der Waals surface area contributed by atoms with Gasteiger partial charge in [-0.2, -0.15) is 10.4 Å². The maximum absolute atomic E-state index is 9.74. The predicted octanol–water partition coefficient (Wildman–Crippen LogP) is 2.73. The quantitative estimate of drug-likeness (QED) is 0.513. The highest BCUT2D eigenvalue weighted by Crippen LogP contribution is 2.33. The standard InChI is InChI=1S/C22H22N8/c1-14-8-15(2)19-17(9-14)20(16(10-23)11-24-19)29-4-6-30(7-5-29)22-18-12-27-28(3)21(18)25-13-26-22/h8-9,11-13H,4-7H2,1-3H3. The third-order valence-corrected chi connectivity index (χ3v) is 5.80. The van der Waals surface area contributed by atoms with E-state index in [-0.39, 0.29) is 0 Å². The van der Waals surface area contributed by atoms with E-state index in [1.54, 1.807) is 17.2 Å². The molecule has 150 valence electrons. The zero-order valence-corrected chi connectivity index (χ0v) is 17.3. The molecule has 0 radical (unpaired) electrons. The summed E-state index contributed by atoms with van der Waals surface area (Å²) >= 11 is 0. The lowest BCUT2D eigenvalue weighted by molar-refractivity contribution is 0.649. The first-order valence-corrected chi connectivity index (χ1v) is 9.99. The number of nitrogens with zero attached hydrogens (tertiary/aromatic N) is 8. The van der Waals surface area contributed by atoms with Crippen molar-refractivity contribution in [3.63, 3.8) is 0 Å². The van der Waals surface area contributed by atoms with E-state index >= 15 is 0 Å². The first kappa shape index (κ1) is 18.3. The molecule has 0 atom stereocenters. The smallest absolute Gasteiger partial charge is 0.163 e. The summed E-state index contributed by atoms with van der Waals surface area (Å²) in [5.74, 6) is 0.916. The number of piperazine rings is 1. The van der Waals surface area contributed by atoms with Crippen LogP contribution < -0.4 is 9.80 Å². The molecule has 1 aliphatic heterocycles. The Morgan fingerprint density at radius 3 is 2.47 bits per heavy atom. The molecule has 0 spiro atoms. The highest BCUT2D eigenvalue weighted by Gasteiger charge is 2.24. The van der Waals surface area contributed by atoms with Crippen LogP contribution in [0.25, 0.3) is 21.9 Å². The minimum absolute atomic E-state index is 0.623. The second-order valence-electron chi connectivity index (χ2n) is 7.79. The van der Waals surface area contributed by atoms with Gasteiger partial charge in [-0.05, 0) is 25.5 Å². The number of aryl methyl sites for hydroxylation is 3. The third kappa shape index (κ3) is 2.82. The zero-order chi connectivity index (χ0) is 20.8. The average Bonchev–Trinajstić information content (AvgIpc) is 3.14. The van der Waals surface area contributed by atoms with E-state index in [9.17, 15) is 5.26 Å².